The van der Waals surface area contributed by atoms with Crippen molar-refractivity contribution in [3.05, 3.63) is 42.1 Å². The van der Waals surface area contributed by atoms with Gasteiger partial charge in [0.15, 0.2) is 0 Å². The molecule has 0 atom stereocenters. The third-order valence-corrected chi connectivity index (χ3v) is 2.97. The first-order valence-electron chi connectivity index (χ1n) is 4.49. The van der Waals surface area contributed by atoms with Gasteiger partial charge in [0.25, 0.3) is 0 Å². The lowest BCUT2D eigenvalue weighted by Crippen LogP contribution is -1.91. The van der Waals surface area contributed by atoms with Crippen LogP contribution in [0.5, 0.6) is 0 Å². The third-order valence-electron chi connectivity index (χ3n) is 2.06. The first-order chi connectivity index (χ1) is 6.75. The van der Waals surface area contributed by atoms with Crippen LogP contribution >= 0.6 is 11.8 Å². The molecular weight excluding hydrogens is 192 g/mol. The Morgan fingerprint density at radius 2 is 1.93 bits per heavy atom. The molecule has 0 unspecified atom stereocenters. The summed E-state index contributed by atoms with van der Waals surface area (Å²) in [5.41, 5.74) is 1.18. The molecule has 0 aliphatic heterocycles. The summed E-state index contributed by atoms with van der Waals surface area (Å²) in [6.45, 7) is 2.06. The first-order valence-corrected chi connectivity index (χ1v) is 5.31. The van der Waals surface area contributed by atoms with Crippen LogP contribution in [0.15, 0.2) is 46.3 Å². The van der Waals surface area contributed by atoms with Gasteiger partial charge in [-0.3, -0.25) is 4.68 Å². The van der Waals surface area contributed by atoms with E-state index in [1.54, 1.807) is 11.8 Å². The molecule has 0 fully saturated rings. The average Bonchev–Trinajstić information content (AvgIpc) is 2.47. The molecule has 0 aliphatic carbocycles. The van der Waals surface area contributed by atoms with Gasteiger partial charge in [0.1, 0.15) is 5.03 Å². The summed E-state index contributed by atoms with van der Waals surface area (Å²) in [4.78, 5) is 1.23. The van der Waals surface area contributed by atoms with E-state index in [2.05, 4.69) is 30.2 Å². The van der Waals surface area contributed by atoms with Crippen molar-refractivity contribution in [2.75, 3.05) is 0 Å². The summed E-state index contributed by atoms with van der Waals surface area (Å²) in [5, 5.41) is 5.44. The van der Waals surface area contributed by atoms with E-state index in [9.17, 15) is 0 Å². The maximum Gasteiger partial charge on any atom is 0.123 e. The highest BCUT2D eigenvalue weighted by Gasteiger charge is 2.02. The minimum atomic E-state index is 1.05. The monoisotopic (exact) mass is 204 g/mol. The molecule has 0 bridgehead atoms. The summed E-state index contributed by atoms with van der Waals surface area (Å²) in [6.07, 6.45) is 0. The molecule has 0 saturated heterocycles. The Labute approximate surface area is 87.9 Å². The zero-order valence-corrected chi connectivity index (χ0v) is 9.08. The summed E-state index contributed by atoms with van der Waals surface area (Å²) in [7, 11) is 1.96. The van der Waals surface area contributed by atoms with E-state index in [1.165, 1.54) is 10.6 Å². The van der Waals surface area contributed by atoms with Gasteiger partial charge in [0.2, 0.25) is 0 Å². The Bertz CT molecular complexity index is 401. The minimum Gasteiger partial charge on any atom is -0.272 e. The van der Waals surface area contributed by atoms with Crippen molar-refractivity contribution in [1.29, 1.82) is 0 Å². The lowest BCUT2D eigenvalue weighted by atomic mass is 10.4. The second kappa shape index (κ2) is 3.88. The molecule has 14 heavy (non-hydrogen) atoms. The number of rotatable bonds is 2. The van der Waals surface area contributed by atoms with Crippen LogP contribution in [-0.2, 0) is 7.05 Å². The van der Waals surface area contributed by atoms with Gasteiger partial charge >= 0.3 is 0 Å². The predicted molar refractivity (Wildman–Crippen MR) is 58.5 cm³/mol. The predicted octanol–water partition coefficient (Wildman–Crippen LogP) is 2.88. The SMILES string of the molecule is Cc1cc(Sc2ccccc2)nn1C. The summed E-state index contributed by atoms with van der Waals surface area (Å²) >= 11 is 1.69. The fraction of sp³-hybridized carbons (Fsp3) is 0.182. The van der Waals surface area contributed by atoms with E-state index >= 15 is 0 Å². The largest absolute Gasteiger partial charge is 0.272 e. The van der Waals surface area contributed by atoms with Gasteiger partial charge in [-0.25, -0.2) is 0 Å². The van der Waals surface area contributed by atoms with Crippen LogP contribution in [0.1, 0.15) is 5.69 Å². The normalized spacial score (nSPS) is 10.4. The van der Waals surface area contributed by atoms with E-state index in [1.807, 2.05) is 29.9 Å². The van der Waals surface area contributed by atoms with Gasteiger partial charge in [-0.15, -0.1) is 0 Å². The molecule has 0 radical (unpaired) electrons. The van der Waals surface area contributed by atoms with Crippen LogP contribution in [0.4, 0.5) is 0 Å². The number of aromatic nitrogens is 2. The number of benzene rings is 1. The van der Waals surface area contributed by atoms with Crippen LogP contribution in [0.2, 0.25) is 0 Å². The maximum atomic E-state index is 4.39. The van der Waals surface area contributed by atoms with Gasteiger partial charge in [-0.2, -0.15) is 5.10 Å². The Morgan fingerprint density at radius 3 is 2.50 bits per heavy atom. The van der Waals surface area contributed by atoms with Gasteiger partial charge in [0, 0.05) is 17.6 Å². The van der Waals surface area contributed by atoms with Crippen molar-refractivity contribution in [3.8, 4) is 0 Å². The van der Waals surface area contributed by atoms with Crippen LogP contribution in [0, 0.1) is 6.92 Å². The summed E-state index contributed by atoms with van der Waals surface area (Å²) in [6, 6.07) is 12.4. The third kappa shape index (κ3) is 1.99. The topological polar surface area (TPSA) is 17.8 Å². The number of hydrogen-bond donors (Lipinski definition) is 0. The molecule has 0 saturated carbocycles. The summed E-state index contributed by atoms with van der Waals surface area (Å²) < 4.78 is 1.89. The molecule has 2 rings (SSSR count). The van der Waals surface area contributed by atoms with E-state index in [0.29, 0.717) is 0 Å². The molecule has 72 valence electrons. The van der Waals surface area contributed by atoms with Crippen molar-refractivity contribution in [1.82, 2.24) is 9.78 Å². The number of nitrogens with zero attached hydrogens (tertiary/aromatic N) is 2. The molecule has 1 aromatic heterocycles. The van der Waals surface area contributed by atoms with Gasteiger partial charge in [-0.05, 0) is 25.1 Å². The fourth-order valence-corrected chi connectivity index (χ4v) is 2.11. The molecule has 1 aromatic carbocycles. The highest BCUT2D eigenvalue weighted by atomic mass is 32.2. The molecule has 0 aliphatic rings. The van der Waals surface area contributed by atoms with E-state index in [4.69, 9.17) is 0 Å². The van der Waals surface area contributed by atoms with E-state index < -0.39 is 0 Å². The standard InChI is InChI=1S/C11H12N2S/c1-9-8-11(12-13(9)2)14-10-6-4-3-5-7-10/h3-8H,1-2H3. The number of aryl methyl sites for hydroxylation is 2. The average molecular weight is 204 g/mol. The van der Waals surface area contributed by atoms with Gasteiger partial charge < -0.3 is 0 Å². The Hall–Kier alpha value is -1.22. The van der Waals surface area contributed by atoms with Crippen LogP contribution in [0.25, 0.3) is 0 Å². The highest BCUT2D eigenvalue weighted by Crippen LogP contribution is 2.26. The molecule has 1 heterocycles. The molecule has 3 heteroatoms. The number of hydrogen-bond acceptors (Lipinski definition) is 2. The maximum absolute atomic E-state index is 4.39. The quantitative estimate of drug-likeness (QED) is 0.748. The van der Waals surface area contributed by atoms with Gasteiger partial charge in [0.05, 0.1) is 0 Å². The van der Waals surface area contributed by atoms with E-state index in [0.717, 1.165) is 5.03 Å². The second-order valence-electron chi connectivity index (χ2n) is 3.16. The summed E-state index contributed by atoms with van der Waals surface area (Å²) in [5.74, 6) is 0. The molecule has 0 N–H and O–H groups in total. The zero-order valence-electron chi connectivity index (χ0n) is 8.27. The molecule has 2 aromatic rings. The van der Waals surface area contributed by atoms with Crippen LogP contribution in [0.3, 0.4) is 0 Å². The molecule has 0 spiro atoms. The molecular formula is C11H12N2S. The fourth-order valence-electron chi connectivity index (χ4n) is 1.19. The first kappa shape index (κ1) is 9.34. The van der Waals surface area contributed by atoms with Crippen LogP contribution in [-0.4, -0.2) is 9.78 Å². The Kier molecular flexibility index (Phi) is 2.59. The molecule has 2 nitrogen and oxygen atoms in total. The van der Waals surface area contributed by atoms with Crippen LogP contribution < -0.4 is 0 Å². The van der Waals surface area contributed by atoms with Crippen molar-refractivity contribution < 1.29 is 0 Å². The minimum absolute atomic E-state index is 1.05. The lowest BCUT2D eigenvalue weighted by molar-refractivity contribution is 0.716. The van der Waals surface area contributed by atoms with Crippen molar-refractivity contribution in [2.45, 2.75) is 16.8 Å². The lowest BCUT2D eigenvalue weighted by Gasteiger charge is -1.95. The second-order valence-corrected chi connectivity index (χ2v) is 4.26. The highest BCUT2D eigenvalue weighted by molar-refractivity contribution is 7.99. The molecule has 0 amide bonds. The van der Waals surface area contributed by atoms with Crippen molar-refractivity contribution in [3.63, 3.8) is 0 Å². The van der Waals surface area contributed by atoms with Crippen molar-refractivity contribution in [2.24, 2.45) is 7.05 Å². The smallest absolute Gasteiger partial charge is 0.123 e. The van der Waals surface area contributed by atoms with Crippen molar-refractivity contribution >= 4 is 11.8 Å². The zero-order chi connectivity index (χ0) is 9.97. The van der Waals surface area contributed by atoms with Gasteiger partial charge in [-0.1, -0.05) is 30.0 Å². The Balaban J connectivity index is 2.19. The van der Waals surface area contributed by atoms with E-state index in [-0.39, 0.29) is 0 Å². The Morgan fingerprint density at radius 1 is 1.21 bits per heavy atom.